The van der Waals surface area contributed by atoms with Gasteiger partial charge in [-0.3, -0.25) is 0 Å². The number of alkyl halides is 6. The van der Waals surface area contributed by atoms with Crippen LogP contribution in [0.3, 0.4) is 0 Å². The first-order chi connectivity index (χ1) is 8.62. The summed E-state index contributed by atoms with van der Waals surface area (Å²) >= 11 is 0. The molecule has 0 amide bonds. The quantitative estimate of drug-likeness (QED) is 0.812. The van der Waals surface area contributed by atoms with E-state index in [0.29, 0.717) is 12.1 Å². The van der Waals surface area contributed by atoms with Gasteiger partial charge in [0.05, 0.1) is 11.1 Å². The number of hydrogen-bond acceptors (Lipinski definition) is 1. The third-order valence-electron chi connectivity index (χ3n) is 2.82. The predicted octanol–water partition coefficient (Wildman–Crippen LogP) is 4.39. The molecule has 0 bridgehead atoms. The van der Waals surface area contributed by atoms with E-state index < -0.39 is 35.1 Å². The van der Waals surface area contributed by atoms with Crippen LogP contribution in [0.2, 0.25) is 0 Å². The normalized spacial score (nSPS) is 14.5. The van der Waals surface area contributed by atoms with Crippen molar-refractivity contribution < 1.29 is 26.3 Å². The molecule has 0 radical (unpaired) electrons. The molecule has 1 aromatic rings. The fourth-order valence-electron chi connectivity index (χ4n) is 1.99. The van der Waals surface area contributed by atoms with Gasteiger partial charge in [0, 0.05) is 6.04 Å². The monoisotopic (exact) mass is 285 g/mol. The molecule has 1 nitrogen and oxygen atoms in total. The Labute approximate surface area is 106 Å². The predicted molar refractivity (Wildman–Crippen MR) is 58.5 cm³/mol. The van der Waals surface area contributed by atoms with Gasteiger partial charge in [-0.2, -0.15) is 26.3 Å². The Bertz CT molecular complexity index is 399. The first-order valence-electron chi connectivity index (χ1n) is 5.57. The molecule has 0 aromatic heterocycles. The van der Waals surface area contributed by atoms with Crippen LogP contribution in [0.4, 0.5) is 26.3 Å². The third kappa shape index (κ3) is 3.40. The second kappa shape index (κ2) is 5.40. The summed E-state index contributed by atoms with van der Waals surface area (Å²) in [6.07, 6.45) is -9.52. The van der Waals surface area contributed by atoms with Crippen molar-refractivity contribution in [3.63, 3.8) is 0 Å². The van der Waals surface area contributed by atoms with E-state index >= 15 is 0 Å². The Morgan fingerprint density at radius 3 is 1.68 bits per heavy atom. The molecule has 0 spiro atoms. The van der Waals surface area contributed by atoms with E-state index in [0.717, 1.165) is 6.07 Å². The average Bonchev–Trinajstić information content (AvgIpc) is 2.28. The first-order valence-corrected chi connectivity index (χ1v) is 5.57. The summed E-state index contributed by atoms with van der Waals surface area (Å²) in [6, 6.07) is 1.11. The van der Waals surface area contributed by atoms with Crippen molar-refractivity contribution in [2.45, 2.75) is 31.7 Å². The van der Waals surface area contributed by atoms with E-state index in [1.807, 2.05) is 0 Å². The molecule has 0 aliphatic heterocycles. The second-order valence-electron chi connectivity index (χ2n) is 4.01. The summed E-state index contributed by atoms with van der Waals surface area (Å²) < 4.78 is 77.1. The van der Waals surface area contributed by atoms with Crippen LogP contribution in [-0.4, -0.2) is 7.05 Å². The maximum absolute atomic E-state index is 12.9. The summed E-state index contributed by atoms with van der Waals surface area (Å²) in [6.45, 7) is 1.52. The van der Waals surface area contributed by atoms with Crippen LogP contribution in [0.5, 0.6) is 0 Å². The zero-order valence-corrected chi connectivity index (χ0v) is 10.3. The summed E-state index contributed by atoms with van der Waals surface area (Å²) in [5.74, 6) is 0. The maximum Gasteiger partial charge on any atom is 0.416 e. The molecule has 0 aliphatic rings. The molecular weight excluding hydrogens is 272 g/mol. The molecule has 19 heavy (non-hydrogen) atoms. The lowest BCUT2D eigenvalue weighted by Gasteiger charge is -2.24. The van der Waals surface area contributed by atoms with Crippen molar-refractivity contribution in [3.8, 4) is 0 Å². The van der Waals surface area contributed by atoms with Gasteiger partial charge in [-0.15, -0.1) is 0 Å². The fourth-order valence-corrected chi connectivity index (χ4v) is 1.99. The first kappa shape index (κ1) is 15.8. The van der Waals surface area contributed by atoms with Crippen molar-refractivity contribution in [3.05, 3.63) is 34.9 Å². The van der Waals surface area contributed by atoms with Gasteiger partial charge in [0.2, 0.25) is 0 Å². The fraction of sp³-hybridized carbons (Fsp3) is 0.500. The van der Waals surface area contributed by atoms with Crippen LogP contribution in [-0.2, 0) is 12.4 Å². The molecule has 0 saturated carbocycles. The molecule has 108 valence electrons. The van der Waals surface area contributed by atoms with Gasteiger partial charge in [-0.05, 0) is 31.2 Å². The van der Waals surface area contributed by atoms with Gasteiger partial charge < -0.3 is 5.32 Å². The van der Waals surface area contributed by atoms with E-state index in [2.05, 4.69) is 5.32 Å². The Morgan fingerprint density at radius 1 is 1.00 bits per heavy atom. The molecule has 1 rings (SSSR count). The Kier molecular flexibility index (Phi) is 4.50. The summed E-state index contributed by atoms with van der Waals surface area (Å²) in [5.41, 5.74) is -3.24. The SMILES string of the molecule is CCC(NC)c1c(C(F)(F)F)cccc1C(F)(F)F. The zero-order chi connectivity index (χ0) is 14.8. The molecule has 0 saturated heterocycles. The van der Waals surface area contributed by atoms with Gasteiger partial charge in [-0.25, -0.2) is 0 Å². The molecule has 1 N–H and O–H groups in total. The Hall–Kier alpha value is -1.24. The van der Waals surface area contributed by atoms with E-state index in [-0.39, 0.29) is 6.42 Å². The minimum atomic E-state index is -4.82. The maximum atomic E-state index is 12.9. The van der Waals surface area contributed by atoms with Crippen LogP contribution in [0, 0.1) is 0 Å². The van der Waals surface area contributed by atoms with E-state index in [1.54, 1.807) is 0 Å². The lowest BCUT2D eigenvalue weighted by atomic mass is 9.92. The van der Waals surface area contributed by atoms with Crippen molar-refractivity contribution in [1.82, 2.24) is 5.32 Å². The number of benzene rings is 1. The molecule has 0 fully saturated rings. The van der Waals surface area contributed by atoms with Gasteiger partial charge in [0.1, 0.15) is 0 Å². The van der Waals surface area contributed by atoms with Crippen molar-refractivity contribution in [2.24, 2.45) is 0 Å². The number of halogens is 6. The topological polar surface area (TPSA) is 12.0 Å². The minimum Gasteiger partial charge on any atom is -0.313 e. The van der Waals surface area contributed by atoms with Crippen molar-refractivity contribution in [2.75, 3.05) is 7.05 Å². The highest BCUT2D eigenvalue weighted by atomic mass is 19.4. The van der Waals surface area contributed by atoms with Crippen LogP contribution in [0.25, 0.3) is 0 Å². The van der Waals surface area contributed by atoms with Crippen LogP contribution in [0.1, 0.15) is 36.1 Å². The van der Waals surface area contributed by atoms with Gasteiger partial charge in [0.15, 0.2) is 0 Å². The third-order valence-corrected chi connectivity index (χ3v) is 2.82. The zero-order valence-electron chi connectivity index (χ0n) is 10.3. The Balaban J connectivity index is 3.59. The average molecular weight is 285 g/mol. The highest BCUT2D eigenvalue weighted by Crippen LogP contribution is 2.42. The van der Waals surface area contributed by atoms with Gasteiger partial charge >= 0.3 is 12.4 Å². The molecule has 1 aromatic carbocycles. The Morgan fingerprint density at radius 2 is 1.42 bits per heavy atom. The molecular formula is C12H13F6N. The molecule has 0 aliphatic carbocycles. The highest BCUT2D eigenvalue weighted by Gasteiger charge is 2.41. The molecule has 7 heteroatoms. The standard InChI is InChI=1S/C12H13F6N/c1-3-9(19-2)10-7(11(13,14)15)5-4-6-8(10)12(16,17)18/h4-6,9,19H,3H2,1-2H3. The van der Waals surface area contributed by atoms with Crippen molar-refractivity contribution in [1.29, 1.82) is 0 Å². The number of hydrogen-bond donors (Lipinski definition) is 1. The summed E-state index contributed by atoms with van der Waals surface area (Å²) in [5, 5.41) is 2.49. The van der Waals surface area contributed by atoms with E-state index in [1.165, 1.54) is 14.0 Å². The van der Waals surface area contributed by atoms with E-state index in [4.69, 9.17) is 0 Å². The minimum absolute atomic E-state index is 0.118. The summed E-state index contributed by atoms with van der Waals surface area (Å²) in [4.78, 5) is 0. The molecule has 1 atom stereocenters. The van der Waals surface area contributed by atoms with Gasteiger partial charge in [-0.1, -0.05) is 13.0 Å². The molecule has 1 unspecified atom stereocenters. The second-order valence-corrected chi connectivity index (χ2v) is 4.01. The highest BCUT2D eigenvalue weighted by molar-refractivity contribution is 5.41. The largest absolute Gasteiger partial charge is 0.416 e. The lowest BCUT2D eigenvalue weighted by Crippen LogP contribution is -2.24. The summed E-state index contributed by atoms with van der Waals surface area (Å²) in [7, 11) is 1.33. The van der Waals surface area contributed by atoms with Crippen LogP contribution >= 0.6 is 0 Å². The smallest absolute Gasteiger partial charge is 0.313 e. The molecule has 0 heterocycles. The number of nitrogens with one attached hydrogen (secondary N) is 1. The lowest BCUT2D eigenvalue weighted by molar-refractivity contribution is -0.144. The van der Waals surface area contributed by atoms with Crippen LogP contribution in [0.15, 0.2) is 18.2 Å². The van der Waals surface area contributed by atoms with Crippen LogP contribution < -0.4 is 5.32 Å². The number of rotatable bonds is 3. The van der Waals surface area contributed by atoms with Gasteiger partial charge in [0.25, 0.3) is 0 Å². The van der Waals surface area contributed by atoms with E-state index in [9.17, 15) is 26.3 Å². The van der Waals surface area contributed by atoms with Crippen molar-refractivity contribution >= 4 is 0 Å².